The van der Waals surface area contributed by atoms with Gasteiger partial charge in [-0.15, -0.1) is 0 Å². The third-order valence-electron chi connectivity index (χ3n) is 4.20. The van der Waals surface area contributed by atoms with Gasteiger partial charge in [0.05, 0.1) is 0 Å². The van der Waals surface area contributed by atoms with E-state index in [4.69, 9.17) is 0 Å². The summed E-state index contributed by atoms with van der Waals surface area (Å²) in [7, 11) is 1.62. The molecule has 0 spiro atoms. The predicted octanol–water partition coefficient (Wildman–Crippen LogP) is 0.898. The molecule has 1 saturated heterocycles. The Labute approximate surface area is 132 Å². The summed E-state index contributed by atoms with van der Waals surface area (Å²) in [5.74, 6) is -0.111. The molecule has 1 unspecified atom stereocenters. The van der Waals surface area contributed by atoms with Gasteiger partial charge in [0.15, 0.2) is 0 Å². The van der Waals surface area contributed by atoms with Crippen LogP contribution in [-0.4, -0.2) is 60.9 Å². The molecule has 0 saturated carbocycles. The number of piperazine rings is 1. The number of nitrogens with zero attached hydrogens (tertiary/aromatic N) is 2. The third kappa shape index (κ3) is 4.31. The van der Waals surface area contributed by atoms with Crippen LogP contribution in [0.2, 0.25) is 0 Å². The number of rotatable bonds is 5. The van der Waals surface area contributed by atoms with Gasteiger partial charge in [0.2, 0.25) is 11.8 Å². The van der Waals surface area contributed by atoms with Gasteiger partial charge in [-0.05, 0) is 24.9 Å². The number of carbonyl (C=O) groups excluding carboxylic acids is 2. The van der Waals surface area contributed by atoms with Gasteiger partial charge in [-0.1, -0.05) is 30.3 Å². The Balaban J connectivity index is 1.85. The van der Waals surface area contributed by atoms with Crippen molar-refractivity contribution in [2.24, 2.45) is 0 Å². The van der Waals surface area contributed by atoms with Crippen molar-refractivity contribution in [3.8, 4) is 0 Å². The minimum atomic E-state index is -0.368. The lowest BCUT2D eigenvalue weighted by atomic mass is 10.1. The van der Waals surface area contributed by atoms with Crippen LogP contribution in [0.5, 0.6) is 0 Å². The van der Waals surface area contributed by atoms with Crippen LogP contribution in [-0.2, 0) is 16.0 Å². The van der Waals surface area contributed by atoms with E-state index in [1.807, 2.05) is 6.07 Å². The average Bonchev–Trinajstić information content (AvgIpc) is 2.54. The molecular formula is C17H25N3O2. The molecule has 0 aromatic heterocycles. The Morgan fingerprint density at radius 2 is 1.95 bits per heavy atom. The zero-order valence-electron chi connectivity index (χ0n) is 13.4. The number of nitrogens with one attached hydrogen (secondary N) is 1. The standard InChI is InChI=1S/C17H25N3O2/c1-14(21)20-12-11-19(13-16(20)17(22)18-2)10-6-9-15-7-4-3-5-8-15/h3-5,7-8,16H,6,9-13H2,1-2H3,(H,18,22). The van der Waals surface area contributed by atoms with Crippen molar-refractivity contribution >= 4 is 11.8 Å². The van der Waals surface area contributed by atoms with Crippen molar-refractivity contribution < 1.29 is 9.59 Å². The van der Waals surface area contributed by atoms with Crippen molar-refractivity contribution in [2.45, 2.75) is 25.8 Å². The fraction of sp³-hybridized carbons (Fsp3) is 0.529. The van der Waals surface area contributed by atoms with Gasteiger partial charge in [-0.2, -0.15) is 0 Å². The zero-order chi connectivity index (χ0) is 15.9. The minimum absolute atomic E-state index is 0.0301. The highest BCUT2D eigenvalue weighted by atomic mass is 16.2. The van der Waals surface area contributed by atoms with Crippen molar-refractivity contribution in [1.82, 2.24) is 15.1 Å². The number of aryl methyl sites for hydroxylation is 1. The molecule has 5 heteroatoms. The third-order valence-corrected chi connectivity index (χ3v) is 4.20. The molecule has 120 valence electrons. The van der Waals surface area contributed by atoms with E-state index < -0.39 is 0 Å². The van der Waals surface area contributed by atoms with Crippen LogP contribution < -0.4 is 5.32 Å². The zero-order valence-corrected chi connectivity index (χ0v) is 13.4. The summed E-state index contributed by atoms with van der Waals surface area (Å²) in [6, 6.07) is 10.1. The summed E-state index contributed by atoms with van der Waals surface area (Å²) in [6.45, 7) is 4.56. The van der Waals surface area contributed by atoms with Crippen LogP contribution in [0.1, 0.15) is 18.9 Å². The molecule has 0 radical (unpaired) electrons. The molecule has 1 atom stereocenters. The van der Waals surface area contributed by atoms with Gasteiger partial charge < -0.3 is 10.2 Å². The maximum absolute atomic E-state index is 12.0. The highest BCUT2D eigenvalue weighted by Crippen LogP contribution is 2.12. The van der Waals surface area contributed by atoms with E-state index in [-0.39, 0.29) is 17.9 Å². The lowest BCUT2D eigenvalue weighted by Gasteiger charge is -2.40. The molecule has 1 aliphatic rings. The molecule has 1 aliphatic heterocycles. The lowest BCUT2D eigenvalue weighted by Crippen LogP contribution is -2.59. The molecule has 2 rings (SSSR count). The highest BCUT2D eigenvalue weighted by molar-refractivity contribution is 5.87. The van der Waals surface area contributed by atoms with Gasteiger partial charge in [-0.3, -0.25) is 14.5 Å². The van der Waals surface area contributed by atoms with Crippen molar-refractivity contribution in [1.29, 1.82) is 0 Å². The predicted molar refractivity (Wildman–Crippen MR) is 86.4 cm³/mol. The van der Waals surface area contributed by atoms with Crippen LogP contribution in [0.15, 0.2) is 30.3 Å². The number of hydrogen-bond donors (Lipinski definition) is 1. The van der Waals surface area contributed by atoms with Crippen LogP contribution in [0, 0.1) is 0 Å². The van der Waals surface area contributed by atoms with Crippen LogP contribution >= 0.6 is 0 Å². The second-order valence-electron chi connectivity index (χ2n) is 5.73. The van der Waals surface area contributed by atoms with Gasteiger partial charge in [-0.25, -0.2) is 0 Å². The van der Waals surface area contributed by atoms with E-state index in [1.165, 1.54) is 12.5 Å². The number of amides is 2. The molecule has 1 heterocycles. The Morgan fingerprint density at radius 3 is 2.59 bits per heavy atom. The second-order valence-corrected chi connectivity index (χ2v) is 5.73. The van der Waals surface area contributed by atoms with Crippen LogP contribution in [0.4, 0.5) is 0 Å². The SMILES string of the molecule is CNC(=O)C1CN(CCCc2ccccc2)CCN1C(C)=O. The molecular weight excluding hydrogens is 278 g/mol. The van der Waals surface area contributed by atoms with Crippen LogP contribution in [0.25, 0.3) is 0 Å². The number of benzene rings is 1. The van der Waals surface area contributed by atoms with E-state index in [1.54, 1.807) is 11.9 Å². The van der Waals surface area contributed by atoms with Crippen LogP contribution in [0.3, 0.4) is 0 Å². The number of carbonyl (C=O) groups is 2. The molecule has 0 bridgehead atoms. The van der Waals surface area contributed by atoms with E-state index in [0.29, 0.717) is 13.1 Å². The number of hydrogen-bond acceptors (Lipinski definition) is 3. The first kappa shape index (κ1) is 16.5. The van der Waals surface area contributed by atoms with Crippen molar-refractivity contribution in [3.05, 3.63) is 35.9 Å². The summed E-state index contributed by atoms with van der Waals surface area (Å²) < 4.78 is 0. The Morgan fingerprint density at radius 1 is 1.23 bits per heavy atom. The molecule has 1 fully saturated rings. The maximum atomic E-state index is 12.0. The smallest absolute Gasteiger partial charge is 0.243 e. The topological polar surface area (TPSA) is 52.7 Å². The largest absolute Gasteiger partial charge is 0.357 e. The Kier molecular flexibility index (Phi) is 5.95. The minimum Gasteiger partial charge on any atom is -0.357 e. The van der Waals surface area contributed by atoms with Gasteiger partial charge >= 0.3 is 0 Å². The van der Waals surface area contributed by atoms with Gasteiger partial charge in [0.25, 0.3) is 0 Å². The molecule has 5 nitrogen and oxygen atoms in total. The van der Waals surface area contributed by atoms with E-state index in [2.05, 4.69) is 34.5 Å². The normalized spacial score (nSPS) is 19.0. The maximum Gasteiger partial charge on any atom is 0.243 e. The lowest BCUT2D eigenvalue weighted by molar-refractivity contribution is -0.142. The summed E-state index contributed by atoms with van der Waals surface area (Å²) >= 11 is 0. The van der Waals surface area contributed by atoms with Crippen molar-refractivity contribution in [3.63, 3.8) is 0 Å². The number of likely N-dealkylation sites (N-methyl/N-ethyl adjacent to an activating group) is 1. The average molecular weight is 303 g/mol. The Hall–Kier alpha value is -1.88. The second kappa shape index (κ2) is 7.94. The highest BCUT2D eigenvalue weighted by Gasteiger charge is 2.32. The quantitative estimate of drug-likeness (QED) is 0.879. The molecule has 1 N–H and O–H groups in total. The van der Waals surface area contributed by atoms with Gasteiger partial charge in [0, 0.05) is 33.6 Å². The molecule has 0 aliphatic carbocycles. The molecule has 22 heavy (non-hydrogen) atoms. The fourth-order valence-electron chi connectivity index (χ4n) is 2.96. The first-order valence-corrected chi connectivity index (χ1v) is 7.87. The summed E-state index contributed by atoms with van der Waals surface area (Å²) in [4.78, 5) is 27.6. The van der Waals surface area contributed by atoms with E-state index in [0.717, 1.165) is 25.9 Å². The molecule has 1 aromatic rings. The summed E-state index contributed by atoms with van der Waals surface area (Å²) in [5, 5.41) is 2.66. The molecule has 1 aromatic carbocycles. The first-order chi connectivity index (χ1) is 10.6. The van der Waals surface area contributed by atoms with Crippen molar-refractivity contribution in [2.75, 3.05) is 33.2 Å². The van der Waals surface area contributed by atoms with Gasteiger partial charge in [0.1, 0.15) is 6.04 Å². The summed E-state index contributed by atoms with van der Waals surface area (Å²) in [5.41, 5.74) is 1.34. The summed E-state index contributed by atoms with van der Waals surface area (Å²) in [6.07, 6.45) is 2.10. The first-order valence-electron chi connectivity index (χ1n) is 7.87. The Bertz CT molecular complexity index is 504. The fourth-order valence-corrected chi connectivity index (χ4v) is 2.96. The monoisotopic (exact) mass is 303 g/mol. The van der Waals surface area contributed by atoms with E-state index in [9.17, 15) is 9.59 Å². The van der Waals surface area contributed by atoms with E-state index >= 15 is 0 Å². The molecule has 2 amide bonds.